The third kappa shape index (κ3) is 4.42. The second-order valence-electron chi connectivity index (χ2n) is 7.18. The maximum Gasteiger partial charge on any atom is 0.254 e. The first-order chi connectivity index (χ1) is 14.6. The molecule has 2 amide bonds. The number of carbonyl (C=O) groups excluding carboxylic acids is 2. The zero-order chi connectivity index (χ0) is 20.9. The number of nitrogens with zero attached hydrogens (tertiary/aromatic N) is 4. The van der Waals surface area contributed by atoms with Crippen LogP contribution in [0.25, 0.3) is 0 Å². The summed E-state index contributed by atoms with van der Waals surface area (Å²) in [5.41, 5.74) is 1.81. The Balaban J connectivity index is 1.42. The van der Waals surface area contributed by atoms with E-state index in [4.69, 9.17) is 5.26 Å². The van der Waals surface area contributed by atoms with Crippen LogP contribution in [-0.4, -0.2) is 39.6 Å². The zero-order valence-electron chi connectivity index (χ0n) is 16.3. The number of amides is 2. The van der Waals surface area contributed by atoms with E-state index in [2.05, 4.69) is 22.6 Å². The Morgan fingerprint density at radius 2 is 2.17 bits per heavy atom. The predicted molar refractivity (Wildman–Crippen MR) is 113 cm³/mol. The van der Waals surface area contributed by atoms with Crippen LogP contribution in [0, 0.1) is 11.3 Å². The van der Waals surface area contributed by atoms with E-state index in [1.54, 1.807) is 46.7 Å². The molecule has 30 heavy (non-hydrogen) atoms. The molecule has 0 bridgehead atoms. The van der Waals surface area contributed by atoms with Crippen molar-refractivity contribution < 1.29 is 9.59 Å². The molecule has 152 valence electrons. The van der Waals surface area contributed by atoms with E-state index in [0.717, 1.165) is 12.1 Å². The smallest absolute Gasteiger partial charge is 0.254 e. The van der Waals surface area contributed by atoms with Gasteiger partial charge in [-0.05, 0) is 42.1 Å². The second-order valence-corrected chi connectivity index (χ2v) is 8.21. The number of fused-ring (bicyclic) bond motifs is 1. The van der Waals surface area contributed by atoms with E-state index in [1.165, 1.54) is 4.88 Å². The monoisotopic (exact) mass is 419 g/mol. The van der Waals surface area contributed by atoms with Crippen LogP contribution in [0.4, 0.5) is 0 Å². The largest absolute Gasteiger partial charge is 0.356 e. The van der Waals surface area contributed by atoms with Gasteiger partial charge < -0.3 is 10.2 Å². The van der Waals surface area contributed by atoms with Gasteiger partial charge in [0.25, 0.3) is 5.91 Å². The first-order valence-electron chi connectivity index (χ1n) is 9.75. The Labute approximate surface area is 178 Å². The highest BCUT2D eigenvalue weighted by molar-refractivity contribution is 7.09. The molecule has 1 atom stereocenters. The maximum absolute atomic E-state index is 13.0. The van der Waals surface area contributed by atoms with Crippen molar-refractivity contribution in [3.8, 4) is 6.07 Å². The van der Waals surface area contributed by atoms with Crippen molar-refractivity contribution in [2.24, 2.45) is 0 Å². The fourth-order valence-electron chi connectivity index (χ4n) is 3.66. The van der Waals surface area contributed by atoms with Crippen LogP contribution in [0.2, 0.25) is 0 Å². The standard InChI is InChI=1S/C22H21N5O2S/c23-13-16-3-1-4-17(11-16)22(29)26-14-18-6-9-25-27(18)19(15-26)12-21(28)24-8-7-20-5-2-10-30-20/h1-6,9-11,19H,7-8,12,14-15H2,(H,24,28). The first-order valence-corrected chi connectivity index (χ1v) is 10.6. The maximum atomic E-state index is 13.0. The second kappa shape index (κ2) is 8.93. The fraction of sp³-hybridized carbons (Fsp3) is 0.273. The van der Waals surface area contributed by atoms with Gasteiger partial charge in [-0.3, -0.25) is 14.3 Å². The van der Waals surface area contributed by atoms with E-state index in [1.807, 2.05) is 22.2 Å². The van der Waals surface area contributed by atoms with Crippen LogP contribution in [-0.2, 0) is 17.8 Å². The molecule has 1 aromatic carbocycles. The molecule has 0 aliphatic carbocycles. The van der Waals surface area contributed by atoms with Gasteiger partial charge in [0.05, 0.1) is 36.3 Å². The SMILES string of the molecule is N#Cc1cccc(C(=O)N2Cc3ccnn3C(CC(=O)NCCc3cccs3)C2)c1. The molecule has 1 aliphatic rings. The summed E-state index contributed by atoms with van der Waals surface area (Å²) in [6.07, 6.45) is 2.75. The highest BCUT2D eigenvalue weighted by Gasteiger charge is 2.30. The molecule has 8 heteroatoms. The number of carbonyl (C=O) groups is 2. The number of aromatic nitrogens is 2. The summed E-state index contributed by atoms with van der Waals surface area (Å²) >= 11 is 1.68. The lowest BCUT2D eigenvalue weighted by Crippen LogP contribution is -2.43. The molecule has 1 unspecified atom stereocenters. The highest BCUT2D eigenvalue weighted by Crippen LogP contribution is 2.24. The molecule has 3 heterocycles. The normalized spacial score (nSPS) is 15.3. The molecular weight excluding hydrogens is 398 g/mol. The quantitative estimate of drug-likeness (QED) is 0.665. The van der Waals surface area contributed by atoms with Crippen molar-refractivity contribution in [3.63, 3.8) is 0 Å². The number of rotatable bonds is 6. The van der Waals surface area contributed by atoms with Crippen LogP contribution in [0.3, 0.4) is 0 Å². The minimum absolute atomic E-state index is 0.0567. The fourth-order valence-corrected chi connectivity index (χ4v) is 4.37. The summed E-state index contributed by atoms with van der Waals surface area (Å²) in [4.78, 5) is 28.5. The predicted octanol–water partition coefficient (Wildman–Crippen LogP) is 2.76. The minimum Gasteiger partial charge on any atom is -0.356 e. The van der Waals surface area contributed by atoms with Crippen LogP contribution in [0.5, 0.6) is 0 Å². The van der Waals surface area contributed by atoms with Gasteiger partial charge in [-0.1, -0.05) is 12.1 Å². The average Bonchev–Trinajstić information content (AvgIpc) is 3.45. The first kappa shape index (κ1) is 19.9. The molecule has 0 saturated carbocycles. The van der Waals surface area contributed by atoms with E-state index in [9.17, 15) is 9.59 Å². The molecule has 0 radical (unpaired) electrons. The van der Waals surface area contributed by atoms with Crippen molar-refractivity contribution >= 4 is 23.2 Å². The number of nitrogens with one attached hydrogen (secondary N) is 1. The summed E-state index contributed by atoms with van der Waals surface area (Å²) in [6.45, 7) is 1.40. The van der Waals surface area contributed by atoms with Gasteiger partial charge in [-0.2, -0.15) is 10.4 Å². The lowest BCUT2D eigenvalue weighted by molar-refractivity contribution is -0.122. The molecule has 0 spiro atoms. The molecule has 1 aliphatic heterocycles. The van der Waals surface area contributed by atoms with Gasteiger partial charge in [-0.15, -0.1) is 11.3 Å². The van der Waals surface area contributed by atoms with Crippen molar-refractivity contribution in [2.45, 2.75) is 25.4 Å². The molecule has 3 aromatic rings. The van der Waals surface area contributed by atoms with Crippen molar-refractivity contribution in [1.82, 2.24) is 20.0 Å². The molecular formula is C22H21N5O2S. The van der Waals surface area contributed by atoms with Crippen molar-refractivity contribution in [3.05, 3.63) is 75.7 Å². The molecule has 1 N–H and O–H groups in total. The Hall–Kier alpha value is -3.44. The van der Waals surface area contributed by atoms with E-state index < -0.39 is 0 Å². The van der Waals surface area contributed by atoms with Crippen LogP contribution in [0.15, 0.2) is 54.0 Å². The number of hydrogen-bond acceptors (Lipinski definition) is 5. The van der Waals surface area contributed by atoms with Gasteiger partial charge in [0.15, 0.2) is 0 Å². The highest BCUT2D eigenvalue weighted by atomic mass is 32.1. The lowest BCUT2D eigenvalue weighted by Gasteiger charge is -2.33. The Morgan fingerprint density at radius 1 is 1.27 bits per heavy atom. The lowest BCUT2D eigenvalue weighted by atomic mass is 10.1. The van der Waals surface area contributed by atoms with Gasteiger partial charge in [0.2, 0.25) is 5.91 Å². The van der Waals surface area contributed by atoms with Gasteiger partial charge in [0.1, 0.15) is 0 Å². The van der Waals surface area contributed by atoms with E-state index >= 15 is 0 Å². The number of nitriles is 1. The van der Waals surface area contributed by atoms with Gasteiger partial charge in [0, 0.05) is 29.7 Å². The van der Waals surface area contributed by atoms with Crippen LogP contribution >= 0.6 is 11.3 Å². The summed E-state index contributed by atoms with van der Waals surface area (Å²) in [6, 6.07) is 14.4. The summed E-state index contributed by atoms with van der Waals surface area (Å²) < 4.78 is 1.84. The van der Waals surface area contributed by atoms with Crippen molar-refractivity contribution in [1.29, 1.82) is 5.26 Å². The summed E-state index contributed by atoms with van der Waals surface area (Å²) in [5.74, 6) is -0.207. The summed E-state index contributed by atoms with van der Waals surface area (Å²) in [7, 11) is 0. The number of thiophene rings is 1. The van der Waals surface area contributed by atoms with Gasteiger partial charge >= 0.3 is 0 Å². The summed E-state index contributed by atoms with van der Waals surface area (Å²) in [5, 5.41) is 18.5. The Bertz CT molecular complexity index is 1080. The number of hydrogen-bond donors (Lipinski definition) is 1. The average molecular weight is 420 g/mol. The van der Waals surface area contributed by atoms with Gasteiger partial charge in [-0.25, -0.2) is 0 Å². The van der Waals surface area contributed by atoms with Crippen LogP contribution < -0.4 is 5.32 Å². The molecule has 2 aromatic heterocycles. The van der Waals surface area contributed by atoms with E-state index in [-0.39, 0.29) is 24.3 Å². The number of benzene rings is 1. The Kier molecular flexibility index (Phi) is 5.91. The molecule has 4 rings (SSSR count). The van der Waals surface area contributed by atoms with Crippen molar-refractivity contribution in [2.75, 3.05) is 13.1 Å². The minimum atomic E-state index is -0.228. The third-order valence-corrected chi connectivity index (χ3v) is 6.04. The molecule has 7 nitrogen and oxygen atoms in total. The zero-order valence-corrected chi connectivity index (χ0v) is 17.1. The molecule has 0 saturated heterocycles. The van der Waals surface area contributed by atoms with E-state index in [0.29, 0.717) is 30.8 Å². The topological polar surface area (TPSA) is 91.0 Å². The Morgan fingerprint density at radius 3 is 2.97 bits per heavy atom. The third-order valence-electron chi connectivity index (χ3n) is 5.10. The molecule has 0 fully saturated rings. The van der Waals surface area contributed by atoms with Crippen LogP contribution in [0.1, 0.15) is 39.0 Å².